The summed E-state index contributed by atoms with van der Waals surface area (Å²) in [7, 11) is 0. The Morgan fingerprint density at radius 2 is 2.00 bits per heavy atom. The summed E-state index contributed by atoms with van der Waals surface area (Å²) in [6, 6.07) is 4.44. The maximum atomic E-state index is 13.5. The monoisotopic (exact) mass is 280 g/mol. The summed E-state index contributed by atoms with van der Waals surface area (Å²) in [5.41, 5.74) is 5.83. The first-order valence-corrected chi connectivity index (χ1v) is 6.74. The van der Waals surface area contributed by atoms with Crippen LogP contribution < -0.4 is 5.73 Å². The van der Waals surface area contributed by atoms with E-state index in [0.29, 0.717) is 23.7 Å². The second kappa shape index (κ2) is 7.63. The number of hydrogen-bond donors (Lipinski definition) is 1. The third kappa shape index (κ3) is 4.79. The normalized spacial score (nSPS) is 9.95. The third-order valence-electron chi connectivity index (χ3n) is 2.36. The Kier molecular flexibility index (Phi) is 6.15. The van der Waals surface area contributed by atoms with E-state index in [2.05, 4.69) is 13.2 Å². The molecule has 0 fully saturated rings. The molecule has 1 amide bonds. The van der Waals surface area contributed by atoms with Gasteiger partial charge in [0.15, 0.2) is 0 Å². The fraction of sp³-hybridized carbons (Fsp3) is 0.214. The number of nitrogen functional groups attached to an aromatic ring is 1. The molecule has 0 aromatic heterocycles. The first kappa shape index (κ1) is 15.3. The van der Waals surface area contributed by atoms with Gasteiger partial charge in [0.2, 0.25) is 5.91 Å². The lowest BCUT2D eigenvalue weighted by Crippen LogP contribution is -2.32. The number of amides is 1. The van der Waals surface area contributed by atoms with E-state index >= 15 is 0 Å². The molecular formula is C14H17FN2OS. The number of carbonyl (C=O) groups is 1. The Balaban J connectivity index is 2.61. The topological polar surface area (TPSA) is 46.3 Å². The molecular weight excluding hydrogens is 263 g/mol. The van der Waals surface area contributed by atoms with Gasteiger partial charge in [-0.25, -0.2) is 4.39 Å². The van der Waals surface area contributed by atoms with Crippen LogP contribution >= 0.6 is 11.8 Å². The minimum absolute atomic E-state index is 0.0824. The lowest BCUT2D eigenvalue weighted by atomic mass is 10.3. The highest BCUT2D eigenvalue weighted by molar-refractivity contribution is 8.00. The Morgan fingerprint density at radius 1 is 1.37 bits per heavy atom. The molecule has 1 rings (SSSR count). The van der Waals surface area contributed by atoms with E-state index in [1.807, 2.05) is 0 Å². The Morgan fingerprint density at radius 3 is 2.53 bits per heavy atom. The number of rotatable bonds is 7. The van der Waals surface area contributed by atoms with Crippen molar-refractivity contribution in [1.29, 1.82) is 0 Å². The van der Waals surface area contributed by atoms with E-state index in [1.165, 1.54) is 6.07 Å². The molecule has 1 aromatic carbocycles. The van der Waals surface area contributed by atoms with Gasteiger partial charge in [0.25, 0.3) is 0 Å². The largest absolute Gasteiger partial charge is 0.399 e. The second-order valence-electron chi connectivity index (χ2n) is 3.85. The van der Waals surface area contributed by atoms with E-state index in [-0.39, 0.29) is 11.7 Å². The second-order valence-corrected chi connectivity index (χ2v) is 4.87. The zero-order chi connectivity index (χ0) is 14.3. The number of halogens is 1. The van der Waals surface area contributed by atoms with Gasteiger partial charge in [0.05, 0.1) is 5.75 Å². The lowest BCUT2D eigenvalue weighted by molar-refractivity contribution is -0.127. The highest BCUT2D eigenvalue weighted by Crippen LogP contribution is 2.23. The fourth-order valence-electron chi connectivity index (χ4n) is 1.45. The number of anilines is 1. The molecule has 0 spiro atoms. The van der Waals surface area contributed by atoms with Crippen LogP contribution in [0.15, 0.2) is 48.4 Å². The molecule has 0 heterocycles. The van der Waals surface area contributed by atoms with Gasteiger partial charge in [-0.05, 0) is 18.2 Å². The van der Waals surface area contributed by atoms with Gasteiger partial charge in [0, 0.05) is 23.7 Å². The molecule has 0 atom stereocenters. The van der Waals surface area contributed by atoms with Crippen LogP contribution in [0.4, 0.5) is 10.1 Å². The molecule has 0 unspecified atom stereocenters. The molecule has 1 aromatic rings. The van der Waals surface area contributed by atoms with Crippen LogP contribution in [0.1, 0.15) is 0 Å². The Hall–Kier alpha value is -1.75. The van der Waals surface area contributed by atoms with E-state index in [0.717, 1.165) is 11.8 Å². The third-order valence-corrected chi connectivity index (χ3v) is 3.39. The van der Waals surface area contributed by atoms with Gasteiger partial charge < -0.3 is 10.6 Å². The average Bonchev–Trinajstić information content (AvgIpc) is 2.37. The smallest absolute Gasteiger partial charge is 0.233 e. The summed E-state index contributed by atoms with van der Waals surface area (Å²) in [5, 5.41) is 0. The number of thioether (sulfide) groups is 1. The molecule has 3 nitrogen and oxygen atoms in total. The number of nitrogens with zero attached hydrogens (tertiary/aromatic N) is 1. The summed E-state index contributed by atoms with van der Waals surface area (Å²) < 4.78 is 13.5. The molecule has 0 radical (unpaired) electrons. The van der Waals surface area contributed by atoms with Crippen LogP contribution in [0, 0.1) is 5.82 Å². The Labute approximate surface area is 117 Å². The van der Waals surface area contributed by atoms with Crippen molar-refractivity contribution >= 4 is 23.4 Å². The van der Waals surface area contributed by atoms with Crippen molar-refractivity contribution in [3.8, 4) is 0 Å². The number of nitrogens with two attached hydrogens (primary N) is 1. The van der Waals surface area contributed by atoms with Gasteiger partial charge in [-0.15, -0.1) is 24.9 Å². The molecule has 2 N–H and O–H groups in total. The maximum Gasteiger partial charge on any atom is 0.233 e. The fourth-order valence-corrected chi connectivity index (χ4v) is 2.28. The van der Waals surface area contributed by atoms with Crippen molar-refractivity contribution in [2.75, 3.05) is 24.6 Å². The first-order chi connectivity index (χ1) is 9.08. The zero-order valence-electron chi connectivity index (χ0n) is 10.6. The van der Waals surface area contributed by atoms with Gasteiger partial charge in [-0.3, -0.25) is 4.79 Å². The van der Waals surface area contributed by atoms with Crippen molar-refractivity contribution in [3.63, 3.8) is 0 Å². The van der Waals surface area contributed by atoms with Crippen LogP contribution in [-0.2, 0) is 4.79 Å². The first-order valence-electron chi connectivity index (χ1n) is 5.76. The van der Waals surface area contributed by atoms with Gasteiger partial charge in [-0.1, -0.05) is 12.2 Å². The standard InChI is InChI=1S/C14H17FN2OS/c1-3-7-17(8-4-2)14(18)10-19-13-6-5-11(16)9-12(13)15/h3-6,9H,1-2,7-8,10,16H2. The van der Waals surface area contributed by atoms with Crippen LogP contribution in [0.25, 0.3) is 0 Å². The highest BCUT2D eigenvalue weighted by atomic mass is 32.2. The summed E-state index contributed by atoms with van der Waals surface area (Å²) in [6.45, 7) is 8.10. The predicted molar refractivity (Wildman–Crippen MR) is 78.5 cm³/mol. The van der Waals surface area contributed by atoms with Gasteiger partial charge in [0.1, 0.15) is 5.82 Å². The van der Waals surface area contributed by atoms with Gasteiger partial charge >= 0.3 is 0 Å². The van der Waals surface area contributed by atoms with Crippen molar-refractivity contribution < 1.29 is 9.18 Å². The van der Waals surface area contributed by atoms with Crippen LogP contribution in [0.5, 0.6) is 0 Å². The van der Waals surface area contributed by atoms with Crippen molar-refractivity contribution in [1.82, 2.24) is 4.90 Å². The molecule has 0 aliphatic rings. The molecule has 0 saturated carbocycles. The number of benzene rings is 1. The molecule has 19 heavy (non-hydrogen) atoms. The minimum Gasteiger partial charge on any atom is -0.399 e. The molecule has 0 saturated heterocycles. The zero-order valence-corrected chi connectivity index (χ0v) is 11.5. The summed E-state index contributed by atoms with van der Waals surface area (Å²) in [6.07, 6.45) is 3.30. The summed E-state index contributed by atoms with van der Waals surface area (Å²) in [4.78, 5) is 14.0. The number of carbonyl (C=O) groups excluding carboxylic acids is 1. The minimum atomic E-state index is -0.406. The summed E-state index contributed by atoms with van der Waals surface area (Å²) in [5.74, 6) is -0.319. The van der Waals surface area contributed by atoms with E-state index in [1.54, 1.807) is 29.2 Å². The summed E-state index contributed by atoms with van der Waals surface area (Å²) >= 11 is 1.15. The maximum absolute atomic E-state index is 13.5. The van der Waals surface area contributed by atoms with E-state index in [9.17, 15) is 9.18 Å². The average molecular weight is 280 g/mol. The quantitative estimate of drug-likeness (QED) is 0.474. The van der Waals surface area contributed by atoms with Crippen molar-refractivity contribution in [2.24, 2.45) is 0 Å². The van der Waals surface area contributed by atoms with E-state index < -0.39 is 5.82 Å². The predicted octanol–water partition coefficient (Wildman–Crippen LogP) is 2.70. The lowest BCUT2D eigenvalue weighted by Gasteiger charge is -2.19. The molecule has 102 valence electrons. The molecule has 0 aliphatic heterocycles. The van der Waals surface area contributed by atoms with Crippen LogP contribution in [0.3, 0.4) is 0 Å². The Bertz CT molecular complexity index is 467. The molecule has 5 heteroatoms. The van der Waals surface area contributed by atoms with Crippen LogP contribution in [-0.4, -0.2) is 29.6 Å². The molecule has 0 aliphatic carbocycles. The van der Waals surface area contributed by atoms with Gasteiger partial charge in [-0.2, -0.15) is 0 Å². The number of hydrogen-bond acceptors (Lipinski definition) is 3. The molecule has 0 bridgehead atoms. The van der Waals surface area contributed by atoms with Crippen molar-refractivity contribution in [2.45, 2.75) is 4.90 Å². The highest BCUT2D eigenvalue weighted by Gasteiger charge is 2.12. The van der Waals surface area contributed by atoms with E-state index in [4.69, 9.17) is 5.73 Å². The van der Waals surface area contributed by atoms with Crippen molar-refractivity contribution in [3.05, 3.63) is 49.3 Å². The SMILES string of the molecule is C=CCN(CC=C)C(=O)CSc1ccc(N)cc1F. The van der Waals surface area contributed by atoms with Crippen LogP contribution in [0.2, 0.25) is 0 Å².